The number of benzene rings is 2. The average molecular weight is 428 g/mol. The largest absolute Gasteiger partial charge is 0.497 e. The number of hydrogen-bond acceptors (Lipinski definition) is 6. The lowest BCUT2D eigenvalue weighted by Gasteiger charge is -2.37. The molecule has 8 heteroatoms. The predicted molar refractivity (Wildman–Crippen MR) is 119 cm³/mol. The van der Waals surface area contributed by atoms with Crippen molar-refractivity contribution in [3.05, 3.63) is 48.5 Å². The number of methoxy groups -OCH3 is 2. The first kappa shape index (κ1) is 22.4. The number of anilines is 2. The highest BCUT2D eigenvalue weighted by atomic mass is 16.5. The maximum absolute atomic E-state index is 12.4. The molecule has 0 aromatic heterocycles. The van der Waals surface area contributed by atoms with Crippen LogP contribution in [-0.2, 0) is 9.59 Å². The molecule has 3 rings (SSSR count). The Balaban J connectivity index is 1.50. The van der Waals surface area contributed by atoms with Gasteiger partial charge in [0.25, 0.3) is 0 Å². The molecule has 1 saturated heterocycles. The number of amides is 1. The summed E-state index contributed by atoms with van der Waals surface area (Å²) < 4.78 is 10.3. The molecule has 1 heterocycles. The number of rotatable bonds is 9. The fourth-order valence-electron chi connectivity index (χ4n) is 3.66. The summed E-state index contributed by atoms with van der Waals surface area (Å²) in [5, 5.41) is 12.4. The molecule has 2 aromatic carbocycles. The van der Waals surface area contributed by atoms with Gasteiger partial charge in [-0.15, -0.1) is 0 Å². The van der Waals surface area contributed by atoms with Crippen molar-refractivity contribution in [1.29, 1.82) is 0 Å². The van der Waals surface area contributed by atoms with E-state index in [9.17, 15) is 14.7 Å². The standard InChI is InChI=1S/C23H29N3O5/c1-30-20-8-6-19(7-9-20)26-12-10-25(11-13-26)16-17(23(28)29)14-22(27)24-18-4-3-5-21(15-18)31-2/h3-9,15,17H,10-14,16H2,1-2H3,(H,24,27)(H,28,29)/t17-/m1/s1. The molecular formula is C23H29N3O5. The lowest BCUT2D eigenvalue weighted by atomic mass is 10.0. The molecule has 2 aromatic rings. The monoisotopic (exact) mass is 427 g/mol. The highest BCUT2D eigenvalue weighted by Crippen LogP contribution is 2.21. The second-order valence-electron chi connectivity index (χ2n) is 7.51. The van der Waals surface area contributed by atoms with Crippen molar-refractivity contribution in [2.75, 3.05) is 57.2 Å². The summed E-state index contributed by atoms with van der Waals surface area (Å²) in [6.45, 7) is 3.43. The van der Waals surface area contributed by atoms with Gasteiger partial charge in [0.05, 0.1) is 20.1 Å². The minimum atomic E-state index is -0.960. The molecule has 0 saturated carbocycles. The van der Waals surface area contributed by atoms with Gasteiger partial charge < -0.3 is 24.8 Å². The Kier molecular flexibility index (Phi) is 7.72. The van der Waals surface area contributed by atoms with Gasteiger partial charge in [0.1, 0.15) is 11.5 Å². The first-order valence-electron chi connectivity index (χ1n) is 10.3. The fraction of sp³-hybridized carbons (Fsp3) is 0.391. The molecule has 0 bridgehead atoms. The van der Waals surface area contributed by atoms with E-state index in [1.807, 2.05) is 24.3 Å². The van der Waals surface area contributed by atoms with E-state index in [0.717, 1.165) is 37.6 Å². The van der Waals surface area contributed by atoms with Gasteiger partial charge in [-0.1, -0.05) is 6.07 Å². The molecule has 31 heavy (non-hydrogen) atoms. The van der Waals surface area contributed by atoms with Crippen LogP contribution in [0, 0.1) is 5.92 Å². The van der Waals surface area contributed by atoms with E-state index >= 15 is 0 Å². The van der Waals surface area contributed by atoms with Crippen molar-refractivity contribution in [3.63, 3.8) is 0 Å². The predicted octanol–water partition coefficient (Wildman–Crippen LogP) is 2.56. The van der Waals surface area contributed by atoms with Gasteiger partial charge in [0.2, 0.25) is 5.91 Å². The third-order valence-corrected chi connectivity index (χ3v) is 5.42. The van der Waals surface area contributed by atoms with Crippen LogP contribution >= 0.6 is 0 Å². The number of carbonyl (C=O) groups excluding carboxylic acids is 1. The Hall–Kier alpha value is -3.26. The van der Waals surface area contributed by atoms with Crippen LogP contribution in [0.25, 0.3) is 0 Å². The van der Waals surface area contributed by atoms with Crippen molar-refractivity contribution >= 4 is 23.3 Å². The summed E-state index contributed by atoms with van der Waals surface area (Å²) in [7, 11) is 3.19. The molecule has 1 aliphatic rings. The molecule has 1 atom stereocenters. The highest BCUT2D eigenvalue weighted by Gasteiger charge is 2.26. The first-order valence-corrected chi connectivity index (χ1v) is 10.3. The molecule has 8 nitrogen and oxygen atoms in total. The zero-order chi connectivity index (χ0) is 22.2. The molecule has 1 amide bonds. The van der Waals surface area contributed by atoms with Crippen LogP contribution in [0.2, 0.25) is 0 Å². The normalized spacial score (nSPS) is 15.2. The zero-order valence-corrected chi connectivity index (χ0v) is 17.9. The summed E-state index contributed by atoms with van der Waals surface area (Å²) in [5.74, 6) is -0.602. The summed E-state index contributed by atoms with van der Waals surface area (Å²) in [4.78, 5) is 28.5. The maximum atomic E-state index is 12.4. The molecule has 0 radical (unpaired) electrons. The quantitative estimate of drug-likeness (QED) is 0.635. The Labute approximate surface area is 182 Å². The van der Waals surface area contributed by atoms with E-state index in [2.05, 4.69) is 15.1 Å². The number of carbonyl (C=O) groups is 2. The van der Waals surface area contributed by atoms with E-state index in [0.29, 0.717) is 18.0 Å². The minimum Gasteiger partial charge on any atom is -0.497 e. The highest BCUT2D eigenvalue weighted by molar-refractivity contribution is 5.93. The van der Waals surface area contributed by atoms with Gasteiger partial charge in [0, 0.05) is 56.6 Å². The number of ether oxygens (including phenoxy) is 2. The van der Waals surface area contributed by atoms with Crippen LogP contribution in [0.1, 0.15) is 6.42 Å². The Morgan fingerprint density at radius 3 is 2.29 bits per heavy atom. The van der Waals surface area contributed by atoms with E-state index in [1.54, 1.807) is 38.5 Å². The van der Waals surface area contributed by atoms with Gasteiger partial charge in [0.15, 0.2) is 0 Å². The van der Waals surface area contributed by atoms with E-state index in [1.165, 1.54) is 0 Å². The van der Waals surface area contributed by atoms with Crippen LogP contribution in [0.4, 0.5) is 11.4 Å². The maximum Gasteiger partial charge on any atom is 0.308 e. The van der Waals surface area contributed by atoms with E-state index < -0.39 is 11.9 Å². The van der Waals surface area contributed by atoms with Crippen molar-refractivity contribution in [1.82, 2.24) is 4.90 Å². The number of carboxylic acids is 1. The second kappa shape index (κ2) is 10.7. The van der Waals surface area contributed by atoms with Gasteiger partial charge in [-0.05, 0) is 36.4 Å². The van der Waals surface area contributed by atoms with Crippen LogP contribution in [0.3, 0.4) is 0 Å². The van der Waals surface area contributed by atoms with Crippen molar-refractivity contribution in [3.8, 4) is 11.5 Å². The van der Waals surface area contributed by atoms with Gasteiger partial charge in [-0.3, -0.25) is 14.5 Å². The third-order valence-electron chi connectivity index (χ3n) is 5.42. The first-order chi connectivity index (χ1) is 15.0. The number of carboxylic acid groups (broad SMARTS) is 1. The molecule has 2 N–H and O–H groups in total. The van der Waals surface area contributed by atoms with Crippen molar-refractivity contribution in [2.24, 2.45) is 5.92 Å². The summed E-state index contributed by atoms with van der Waals surface area (Å²) in [6.07, 6.45) is -0.0781. The lowest BCUT2D eigenvalue weighted by Crippen LogP contribution is -2.48. The van der Waals surface area contributed by atoms with Gasteiger partial charge >= 0.3 is 5.97 Å². The number of hydrogen-bond donors (Lipinski definition) is 2. The van der Waals surface area contributed by atoms with Crippen molar-refractivity contribution in [2.45, 2.75) is 6.42 Å². The molecule has 0 spiro atoms. The molecule has 0 aliphatic carbocycles. The van der Waals surface area contributed by atoms with Crippen molar-refractivity contribution < 1.29 is 24.2 Å². The average Bonchev–Trinajstić information content (AvgIpc) is 2.79. The van der Waals surface area contributed by atoms with Crippen LogP contribution in [-0.4, -0.2) is 68.8 Å². The SMILES string of the molecule is COc1ccc(N2CCN(C[C@@H](CC(=O)Nc3cccc(OC)c3)C(=O)O)CC2)cc1. The molecule has 166 valence electrons. The number of nitrogens with one attached hydrogen (secondary N) is 1. The summed E-state index contributed by atoms with van der Waals surface area (Å²) >= 11 is 0. The number of nitrogens with zero attached hydrogens (tertiary/aromatic N) is 2. The number of piperazine rings is 1. The smallest absolute Gasteiger partial charge is 0.308 e. The Morgan fingerprint density at radius 1 is 1.00 bits per heavy atom. The molecule has 1 fully saturated rings. The van der Waals surface area contributed by atoms with Gasteiger partial charge in [-0.2, -0.15) is 0 Å². The molecule has 0 unspecified atom stereocenters. The molecular weight excluding hydrogens is 398 g/mol. The van der Waals surface area contributed by atoms with Crippen LogP contribution in [0.15, 0.2) is 48.5 Å². The topological polar surface area (TPSA) is 91.3 Å². The second-order valence-corrected chi connectivity index (χ2v) is 7.51. The summed E-state index contributed by atoms with van der Waals surface area (Å²) in [6, 6.07) is 14.9. The van der Waals surface area contributed by atoms with Crippen LogP contribution < -0.4 is 19.7 Å². The summed E-state index contributed by atoms with van der Waals surface area (Å²) in [5.41, 5.74) is 1.70. The zero-order valence-electron chi connectivity index (χ0n) is 17.9. The van der Waals surface area contributed by atoms with E-state index in [4.69, 9.17) is 9.47 Å². The fourth-order valence-corrected chi connectivity index (χ4v) is 3.66. The Bertz CT molecular complexity index is 879. The molecule has 1 aliphatic heterocycles. The Morgan fingerprint density at radius 2 is 1.68 bits per heavy atom. The third kappa shape index (κ3) is 6.36. The number of aliphatic carboxylic acids is 1. The lowest BCUT2D eigenvalue weighted by molar-refractivity contribution is -0.144. The van der Waals surface area contributed by atoms with E-state index in [-0.39, 0.29) is 12.3 Å². The van der Waals surface area contributed by atoms with Crippen LogP contribution in [0.5, 0.6) is 11.5 Å². The minimum absolute atomic E-state index is 0.0781. The van der Waals surface area contributed by atoms with Gasteiger partial charge in [-0.25, -0.2) is 0 Å².